The molecule has 0 amide bonds. The second kappa shape index (κ2) is 7.73. The van der Waals surface area contributed by atoms with Crippen LogP contribution in [0.1, 0.15) is 25.7 Å². The van der Waals surface area contributed by atoms with Gasteiger partial charge >= 0.3 is 7.69 Å². The fourth-order valence-electron chi connectivity index (χ4n) is 2.36. The first-order valence-corrected chi connectivity index (χ1v) is 8.96. The number of hydrogen-bond donors (Lipinski definition) is 0. The van der Waals surface area contributed by atoms with Gasteiger partial charge in [-0.2, -0.15) is 0 Å². The van der Waals surface area contributed by atoms with Crippen LogP contribution in [0.25, 0.3) is 0 Å². The summed E-state index contributed by atoms with van der Waals surface area (Å²) < 4.78 is 22.4. The fraction of sp³-hybridized carbons (Fsp3) is 0.400. The van der Waals surface area contributed by atoms with Crippen LogP contribution < -0.4 is 18.8 Å². The molecule has 4 nitrogen and oxygen atoms in total. The third-order valence-corrected chi connectivity index (χ3v) is 4.38. The predicted octanol–water partition coefficient (Wildman–Crippen LogP) is 4.26. The topological polar surface area (TPSA) is 36.9 Å². The molecule has 2 aliphatic rings. The van der Waals surface area contributed by atoms with E-state index in [0.29, 0.717) is 11.5 Å². The van der Waals surface area contributed by atoms with Gasteiger partial charge in [0.05, 0.1) is 13.2 Å². The van der Waals surface area contributed by atoms with Crippen molar-refractivity contribution in [2.75, 3.05) is 13.2 Å². The Bertz CT molecular complexity index is 604. The van der Waals surface area contributed by atoms with Crippen molar-refractivity contribution in [1.29, 1.82) is 0 Å². The Morgan fingerprint density at radius 3 is 1.32 bits per heavy atom. The Morgan fingerprint density at radius 2 is 0.960 bits per heavy atom. The number of rotatable bonds is 10. The first-order valence-electron chi connectivity index (χ1n) is 8.96. The van der Waals surface area contributed by atoms with E-state index in [1.165, 1.54) is 33.4 Å². The molecule has 2 aliphatic carbocycles. The first-order chi connectivity index (χ1) is 12.3. The molecule has 2 aromatic rings. The second-order valence-electron chi connectivity index (χ2n) is 6.78. The van der Waals surface area contributed by atoms with E-state index in [2.05, 4.69) is 0 Å². The van der Waals surface area contributed by atoms with Crippen molar-refractivity contribution in [3.05, 3.63) is 48.5 Å². The molecule has 25 heavy (non-hydrogen) atoms. The van der Waals surface area contributed by atoms with Gasteiger partial charge in [-0.15, -0.1) is 0 Å². The van der Waals surface area contributed by atoms with Gasteiger partial charge in [-0.05, 0) is 86.1 Å². The second-order valence-corrected chi connectivity index (χ2v) is 6.78. The minimum Gasteiger partial charge on any atom is -0.526 e. The van der Waals surface area contributed by atoms with Crippen molar-refractivity contribution >= 4 is 7.69 Å². The maximum Gasteiger partial charge on any atom is 0.658 e. The van der Waals surface area contributed by atoms with Crippen molar-refractivity contribution in [3.8, 4) is 23.0 Å². The monoisotopic (exact) mass is 337 g/mol. The smallest absolute Gasteiger partial charge is 0.526 e. The van der Waals surface area contributed by atoms with Crippen molar-refractivity contribution in [2.24, 2.45) is 11.8 Å². The quantitative estimate of drug-likeness (QED) is 0.607. The van der Waals surface area contributed by atoms with Crippen LogP contribution in [0.5, 0.6) is 23.0 Å². The summed E-state index contributed by atoms with van der Waals surface area (Å²) in [5.41, 5.74) is 0. The summed E-state index contributed by atoms with van der Waals surface area (Å²) in [6, 6.07) is 15.1. The summed E-state index contributed by atoms with van der Waals surface area (Å²) in [7, 11) is 1.33. The number of hydrogen-bond acceptors (Lipinski definition) is 4. The predicted molar refractivity (Wildman–Crippen MR) is 96.3 cm³/mol. The lowest BCUT2D eigenvalue weighted by Gasteiger charge is -2.09. The summed E-state index contributed by atoms with van der Waals surface area (Å²) in [5, 5.41) is 0. The van der Waals surface area contributed by atoms with Crippen LogP contribution in [-0.4, -0.2) is 20.9 Å². The minimum atomic E-state index is 0.711. The normalized spacial score (nSPS) is 16.2. The highest BCUT2D eigenvalue weighted by Gasteiger charge is 2.22. The zero-order chi connectivity index (χ0) is 16.9. The van der Waals surface area contributed by atoms with Crippen LogP contribution in [0.3, 0.4) is 0 Å². The molecule has 0 spiro atoms. The van der Waals surface area contributed by atoms with Crippen molar-refractivity contribution < 1.29 is 18.8 Å². The Kier molecular flexibility index (Phi) is 5.00. The van der Waals surface area contributed by atoms with Gasteiger partial charge in [0.2, 0.25) is 0 Å². The molecule has 1 radical (unpaired) electrons. The Morgan fingerprint density at radius 1 is 0.600 bits per heavy atom. The van der Waals surface area contributed by atoms with Crippen LogP contribution in [0.2, 0.25) is 0 Å². The van der Waals surface area contributed by atoms with Crippen LogP contribution in [0.15, 0.2) is 48.5 Å². The van der Waals surface area contributed by atoms with E-state index in [4.69, 9.17) is 18.8 Å². The van der Waals surface area contributed by atoms with Crippen LogP contribution in [0, 0.1) is 11.8 Å². The highest BCUT2D eigenvalue weighted by Crippen LogP contribution is 2.30. The van der Waals surface area contributed by atoms with Crippen molar-refractivity contribution in [2.45, 2.75) is 25.7 Å². The molecular weight excluding hydrogens is 315 g/mol. The third kappa shape index (κ3) is 5.35. The lowest BCUT2D eigenvalue weighted by atomic mass is 10.2. The summed E-state index contributed by atoms with van der Waals surface area (Å²) in [4.78, 5) is 0. The van der Waals surface area contributed by atoms with E-state index in [0.717, 1.165) is 36.5 Å². The van der Waals surface area contributed by atoms with E-state index in [1.54, 1.807) is 0 Å². The molecule has 0 N–H and O–H groups in total. The van der Waals surface area contributed by atoms with E-state index < -0.39 is 0 Å². The molecule has 0 atom stereocenters. The van der Waals surface area contributed by atoms with Gasteiger partial charge in [0.15, 0.2) is 0 Å². The van der Waals surface area contributed by atoms with E-state index in [9.17, 15) is 0 Å². The molecule has 5 heteroatoms. The molecule has 0 unspecified atom stereocenters. The van der Waals surface area contributed by atoms with Gasteiger partial charge in [-0.25, -0.2) is 0 Å². The summed E-state index contributed by atoms with van der Waals surface area (Å²) in [6.07, 6.45) is 5.17. The van der Waals surface area contributed by atoms with Gasteiger partial charge in [-0.3, -0.25) is 0 Å². The van der Waals surface area contributed by atoms with Gasteiger partial charge in [0, 0.05) is 0 Å². The summed E-state index contributed by atoms with van der Waals surface area (Å²) >= 11 is 0. The van der Waals surface area contributed by atoms with Gasteiger partial charge < -0.3 is 18.8 Å². The van der Waals surface area contributed by atoms with Crippen LogP contribution >= 0.6 is 0 Å². The highest BCUT2D eigenvalue weighted by atomic mass is 16.6. The molecule has 0 aromatic heterocycles. The molecular formula is C20H22BO4. The minimum absolute atomic E-state index is 0.711. The summed E-state index contributed by atoms with van der Waals surface area (Å²) in [6.45, 7) is 1.63. The molecule has 0 heterocycles. The van der Waals surface area contributed by atoms with Gasteiger partial charge in [0.25, 0.3) is 0 Å². The molecule has 2 saturated carbocycles. The van der Waals surface area contributed by atoms with E-state index in [-0.39, 0.29) is 0 Å². The molecule has 4 rings (SSSR count). The van der Waals surface area contributed by atoms with Gasteiger partial charge in [-0.1, -0.05) is 0 Å². The Balaban J connectivity index is 1.17. The number of benzene rings is 2. The molecule has 129 valence electrons. The SMILES string of the molecule is [B](Oc1ccc(OCC2CC2)cc1)Oc1ccc(OCC2CC2)cc1. The molecule has 0 bridgehead atoms. The van der Waals surface area contributed by atoms with Gasteiger partial charge in [0.1, 0.15) is 23.0 Å². The lowest BCUT2D eigenvalue weighted by Crippen LogP contribution is -2.10. The van der Waals surface area contributed by atoms with Crippen LogP contribution in [0.4, 0.5) is 0 Å². The largest absolute Gasteiger partial charge is 0.658 e. The van der Waals surface area contributed by atoms with Crippen molar-refractivity contribution in [1.82, 2.24) is 0 Å². The van der Waals surface area contributed by atoms with Crippen molar-refractivity contribution in [3.63, 3.8) is 0 Å². The third-order valence-electron chi connectivity index (χ3n) is 4.38. The fourth-order valence-corrected chi connectivity index (χ4v) is 2.36. The molecule has 2 aromatic carbocycles. The molecule has 2 fully saturated rings. The average Bonchev–Trinajstić information content (AvgIpc) is 3.55. The number of ether oxygens (including phenoxy) is 2. The van der Waals surface area contributed by atoms with E-state index in [1.807, 2.05) is 48.5 Å². The lowest BCUT2D eigenvalue weighted by molar-refractivity contribution is 0.299. The highest BCUT2D eigenvalue weighted by molar-refractivity contribution is 6.20. The molecule has 0 aliphatic heterocycles. The Labute approximate surface area is 149 Å². The maximum atomic E-state index is 5.70. The zero-order valence-corrected chi connectivity index (χ0v) is 14.2. The average molecular weight is 337 g/mol. The van der Waals surface area contributed by atoms with Crippen LogP contribution in [-0.2, 0) is 0 Å². The van der Waals surface area contributed by atoms with E-state index >= 15 is 0 Å². The maximum absolute atomic E-state index is 5.70. The molecule has 0 saturated heterocycles. The summed E-state index contributed by atoms with van der Waals surface area (Å²) in [5.74, 6) is 4.68. The standard InChI is InChI=1S/C20H22BO4/c1-2-15(1)13-22-17-5-9-19(10-6-17)24-21-25-20-11-7-18(8-12-20)23-14-16-3-4-16/h5-12,15-16H,1-4,13-14H2. The zero-order valence-electron chi connectivity index (χ0n) is 14.2. The Hall–Kier alpha value is -2.30. The first kappa shape index (κ1) is 16.2.